The van der Waals surface area contributed by atoms with Crippen molar-refractivity contribution in [2.45, 2.75) is 97.4 Å². The van der Waals surface area contributed by atoms with Crippen LogP contribution in [0.1, 0.15) is 90.2 Å². The Morgan fingerprint density at radius 1 is 0.967 bits per heavy atom. The molecule has 0 aromatic heterocycles. The summed E-state index contributed by atoms with van der Waals surface area (Å²) in [7, 11) is 0. The van der Waals surface area contributed by atoms with Crippen molar-refractivity contribution in [1.82, 2.24) is 0 Å². The van der Waals surface area contributed by atoms with E-state index >= 15 is 0 Å². The van der Waals surface area contributed by atoms with Crippen molar-refractivity contribution in [3.05, 3.63) is 41.5 Å². The molecular weight excluding hydrogens is 370 g/mol. The van der Waals surface area contributed by atoms with E-state index < -0.39 is 12.0 Å². The van der Waals surface area contributed by atoms with Crippen LogP contribution in [0.5, 0.6) is 0 Å². The highest BCUT2D eigenvalue weighted by molar-refractivity contribution is 6.02. The van der Waals surface area contributed by atoms with Crippen LogP contribution in [-0.2, 0) is 10.2 Å². The highest BCUT2D eigenvalue weighted by Gasteiger charge is 2.48. The molecule has 1 aliphatic rings. The number of hydrogen-bond donors (Lipinski definition) is 1. The standard InChI is InChI=1S/C27H37NO2/c1-6-7-8-9-10-11-12-16-24(26(29)30)28-20(3)27(4,5)25-22-15-13-14-19(2)21(22)17-18-23(25)28/h13-15,17-18,24H,6-12,16H2,1-5H3/p+1. The minimum atomic E-state index is -0.715. The van der Waals surface area contributed by atoms with E-state index in [0.717, 1.165) is 24.2 Å². The number of hydrogen-bond acceptors (Lipinski definition) is 1. The van der Waals surface area contributed by atoms with Gasteiger partial charge in [0.2, 0.25) is 5.69 Å². The molecule has 162 valence electrons. The van der Waals surface area contributed by atoms with Crippen molar-refractivity contribution in [2.75, 3.05) is 0 Å². The predicted molar refractivity (Wildman–Crippen MR) is 126 cm³/mol. The zero-order valence-electron chi connectivity index (χ0n) is 19.4. The van der Waals surface area contributed by atoms with Crippen molar-refractivity contribution >= 4 is 28.1 Å². The Balaban J connectivity index is 1.89. The summed E-state index contributed by atoms with van der Waals surface area (Å²) in [6, 6.07) is 10.3. The maximum atomic E-state index is 12.3. The first-order valence-corrected chi connectivity index (χ1v) is 11.7. The van der Waals surface area contributed by atoms with Gasteiger partial charge in [0.15, 0.2) is 5.71 Å². The molecule has 1 heterocycles. The second-order valence-corrected chi connectivity index (χ2v) is 9.47. The first-order chi connectivity index (χ1) is 14.3. The molecule has 2 aromatic rings. The summed E-state index contributed by atoms with van der Waals surface area (Å²) in [6.07, 6.45) is 9.12. The van der Waals surface area contributed by atoms with Crippen molar-refractivity contribution in [2.24, 2.45) is 0 Å². The Hall–Kier alpha value is -2.16. The summed E-state index contributed by atoms with van der Waals surface area (Å²) >= 11 is 0. The minimum absolute atomic E-state index is 0.184. The lowest BCUT2D eigenvalue weighted by molar-refractivity contribution is -0.472. The second kappa shape index (κ2) is 9.32. The third-order valence-electron chi connectivity index (χ3n) is 7.09. The number of carboxylic acids is 1. The van der Waals surface area contributed by atoms with E-state index in [-0.39, 0.29) is 5.41 Å². The van der Waals surface area contributed by atoms with Gasteiger partial charge in [-0.25, -0.2) is 4.79 Å². The number of benzene rings is 2. The summed E-state index contributed by atoms with van der Waals surface area (Å²) in [5, 5.41) is 12.6. The first kappa shape index (κ1) is 22.5. The van der Waals surface area contributed by atoms with Crippen LogP contribution >= 0.6 is 0 Å². The van der Waals surface area contributed by atoms with Crippen LogP contribution in [-0.4, -0.2) is 27.4 Å². The molecule has 0 saturated heterocycles. The predicted octanol–water partition coefficient (Wildman–Crippen LogP) is 7.14. The van der Waals surface area contributed by atoms with E-state index in [4.69, 9.17) is 0 Å². The van der Waals surface area contributed by atoms with Crippen LogP contribution in [0.2, 0.25) is 0 Å². The molecule has 3 heteroatoms. The maximum Gasteiger partial charge on any atom is 0.373 e. The Morgan fingerprint density at radius 2 is 1.63 bits per heavy atom. The maximum absolute atomic E-state index is 12.3. The van der Waals surface area contributed by atoms with Crippen molar-refractivity contribution in [3.63, 3.8) is 0 Å². The van der Waals surface area contributed by atoms with Crippen LogP contribution in [0.3, 0.4) is 0 Å². The summed E-state index contributed by atoms with van der Waals surface area (Å²) in [5.41, 5.74) is 4.57. The number of fused-ring (bicyclic) bond motifs is 3. The fraction of sp³-hybridized carbons (Fsp3) is 0.556. The van der Waals surface area contributed by atoms with Crippen LogP contribution < -0.4 is 0 Å². The third kappa shape index (κ3) is 4.17. The summed E-state index contributed by atoms with van der Waals surface area (Å²) in [4.78, 5) is 12.3. The molecule has 3 rings (SSSR count). The Kier molecular flexibility index (Phi) is 7.00. The zero-order chi connectivity index (χ0) is 21.9. The monoisotopic (exact) mass is 408 g/mol. The molecule has 1 aliphatic heterocycles. The number of carbonyl (C=O) groups is 1. The average Bonchev–Trinajstić information content (AvgIpc) is 2.90. The van der Waals surface area contributed by atoms with Gasteiger partial charge in [-0.3, -0.25) is 0 Å². The van der Waals surface area contributed by atoms with E-state index in [9.17, 15) is 9.90 Å². The summed E-state index contributed by atoms with van der Waals surface area (Å²) in [6.45, 7) is 11.0. The molecule has 2 aromatic carbocycles. The smallest absolute Gasteiger partial charge is 0.373 e. The number of carboxylic acid groups (broad SMARTS) is 1. The largest absolute Gasteiger partial charge is 0.476 e. The van der Waals surface area contributed by atoms with E-state index in [0.29, 0.717) is 6.42 Å². The second-order valence-electron chi connectivity index (χ2n) is 9.47. The lowest BCUT2D eigenvalue weighted by Gasteiger charge is -2.17. The molecule has 1 atom stereocenters. The Morgan fingerprint density at radius 3 is 2.30 bits per heavy atom. The molecule has 0 bridgehead atoms. The third-order valence-corrected chi connectivity index (χ3v) is 7.09. The number of nitrogens with zero attached hydrogens (tertiary/aromatic N) is 1. The number of rotatable bonds is 10. The molecule has 0 radical (unpaired) electrons. The fourth-order valence-corrected chi connectivity index (χ4v) is 5.08. The zero-order valence-corrected chi connectivity index (χ0v) is 19.4. The molecule has 0 amide bonds. The van der Waals surface area contributed by atoms with Gasteiger partial charge in [0.1, 0.15) is 0 Å². The number of aryl methyl sites for hydroxylation is 1. The van der Waals surface area contributed by atoms with E-state index in [1.165, 1.54) is 54.0 Å². The lowest BCUT2D eigenvalue weighted by atomic mass is 9.79. The van der Waals surface area contributed by atoms with Crippen molar-refractivity contribution in [3.8, 4) is 0 Å². The van der Waals surface area contributed by atoms with Gasteiger partial charge >= 0.3 is 5.97 Å². The summed E-state index contributed by atoms with van der Waals surface area (Å²) in [5.74, 6) is -0.715. The van der Waals surface area contributed by atoms with Gasteiger partial charge in [0.05, 0.1) is 5.41 Å². The average molecular weight is 409 g/mol. The van der Waals surface area contributed by atoms with Gasteiger partial charge in [-0.05, 0) is 49.6 Å². The molecule has 1 N–H and O–H groups in total. The number of unbranched alkanes of at least 4 members (excludes halogenated alkanes) is 6. The Labute approximate surface area is 181 Å². The van der Waals surface area contributed by atoms with Crippen LogP contribution in [0, 0.1) is 6.92 Å². The minimum Gasteiger partial charge on any atom is -0.476 e. The molecule has 0 spiro atoms. The van der Waals surface area contributed by atoms with Gasteiger partial charge in [-0.1, -0.05) is 63.6 Å². The van der Waals surface area contributed by atoms with Crippen molar-refractivity contribution in [1.29, 1.82) is 0 Å². The molecule has 1 unspecified atom stereocenters. The molecule has 0 fully saturated rings. The molecular formula is C27H38NO2+. The normalized spacial score (nSPS) is 16.2. The van der Waals surface area contributed by atoms with Gasteiger partial charge in [0.25, 0.3) is 6.04 Å². The van der Waals surface area contributed by atoms with Crippen LogP contribution in [0.25, 0.3) is 10.8 Å². The SMILES string of the molecule is CCCCCCCCCC(C(=O)O)[N+]1=C(C)C(C)(C)c2c1ccc1c(C)cccc21. The molecule has 0 aliphatic carbocycles. The summed E-state index contributed by atoms with van der Waals surface area (Å²) < 4.78 is 2.12. The quantitative estimate of drug-likeness (QED) is 0.335. The lowest BCUT2D eigenvalue weighted by Crippen LogP contribution is -2.36. The van der Waals surface area contributed by atoms with Gasteiger partial charge in [-0.2, -0.15) is 4.58 Å². The van der Waals surface area contributed by atoms with E-state index in [1.807, 2.05) is 0 Å². The van der Waals surface area contributed by atoms with Gasteiger partial charge in [0, 0.05) is 25.0 Å². The van der Waals surface area contributed by atoms with Gasteiger partial charge in [-0.15, -0.1) is 0 Å². The Bertz CT molecular complexity index is 955. The first-order valence-electron chi connectivity index (χ1n) is 11.7. The fourth-order valence-electron chi connectivity index (χ4n) is 5.08. The van der Waals surface area contributed by atoms with Crippen molar-refractivity contribution < 1.29 is 14.5 Å². The highest BCUT2D eigenvalue weighted by atomic mass is 16.4. The highest BCUT2D eigenvalue weighted by Crippen LogP contribution is 2.45. The molecule has 3 nitrogen and oxygen atoms in total. The molecule has 30 heavy (non-hydrogen) atoms. The molecule has 0 saturated carbocycles. The number of aliphatic carboxylic acids is 1. The van der Waals surface area contributed by atoms with E-state index in [1.54, 1.807) is 0 Å². The van der Waals surface area contributed by atoms with E-state index in [2.05, 4.69) is 69.5 Å². The topological polar surface area (TPSA) is 40.3 Å². The van der Waals surface area contributed by atoms with Gasteiger partial charge < -0.3 is 5.11 Å². The van der Waals surface area contributed by atoms with Crippen LogP contribution in [0.15, 0.2) is 30.3 Å². The van der Waals surface area contributed by atoms with Crippen LogP contribution in [0.4, 0.5) is 5.69 Å².